The number of sulfonamides is 1. The number of methoxy groups -OCH3 is 1. The number of nitrogens with zero attached hydrogens (tertiary/aromatic N) is 5. The number of fused-ring (bicyclic) bond motifs is 3. The van der Waals surface area contributed by atoms with E-state index < -0.39 is 39.1 Å². The fourth-order valence-electron chi connectivity index (χ4n) is 3.89. The monoisotopic (exact) mass is 538 g/mol. The zero-order valence-electron chi connectivity index (χ0n) is 20.8. The van der Waals surface area contributed by atoms with Crippen molar-refractivity contribution in [3.63, 3.8) is 0 Å². The van der Waals surface area contributed by atoms with Gasteiger partial charge in [0.15, 0.2) is 23.3 Å². The van der Waals surface area contributed by atoms with Gasteiger partial charge in [0.25, 0.3) is 0 Å². The van der Waals surface area contributed by atoms with Gasteiger partial charge in [-0.1, -0.05) is 6.92 Å². The van der Waals surface area contributed by atoms with E-state index in [0.29, 0.717) is 13.0 Å². The fraction of sp³-hybridized carbons (Fsp3) is 0.478. The Kier molecular flexibility index (Phi) is 7.99. The van der Waals surface area contributed by atoms with Crippen LogP contribution in [-0.2, 0) is 19.5 Å². The molecular weight excluding hydrogens is 510 g/mol. The van der Waals surface area contributed by atoms with Crippen LogP contribution in [0.3, 0.4) is 0 Å². The molecule has 1 aliphatic heterocycles. The van der Waals surface area contributed by atoms with Crippen LogP contribution >= 0.6 is 0 Å². The Labute approximate surface area is 213 Å². The van der Waals surface area contributed by atoms with Crippen molar-refractivity contribution in [2.45, 2.75) is 44.6 Å². The van der Waals surface area contributed by atoms with E-state index in [1.807, 2.05) is 13.8 Å². The van der Waals surface area contributed by atoms with E-state index in [0.717, 1.165) is 17.7 Å². The topological polar surface area (TPSA) is 130 Å². The van der Waals surface area contributed by atoms with Gasteiger partial charge in [-0.25, -0.2) is 27.2 Å². The van der Waals surface area contributed by atoms with Gasteiger partial charge in [0.2, 0.25) is 16.0 Å². The van der Waals surface area contributed by atoms with E-state index in [2.05, 4.69) is 24.9 Å². The summed E-state index contributed by atoms with van der Waals surface area (Å²) in [4.78, 5) is 8.52. The van der Waals surface area contributed by atoms with Gasteiger partial charge in [-0.3, -0.25) is 9.29 Å². The summed E-state index contributed by atoms with van der Waals surface area (Å²) in [5, 5.41) is 6.96. The lowest BCUT2D eigenvalue weighted by molar-refractivity contribution is 0.0466. The highest BCUT2D eigenvalue weighted by molar-refractivity contribution is 7.93. The summed E-state index contributed by atoms with van der Waals surface area (Å²) in [7, 11) is -2.68. The summed E-state index contributed by atoms with van der Waals surface area (Å²) in [6.45, 7) is 5.57. The molecule has 0 unspecified atom stereocenters. The van der Waals surface area contributed by atoms with E-state index in [-0.39, 0.29) is 42.1 Å². The molecule has 200 valence electrons. The standard InChI is InChI=1S/C23H28F2N6O5S/c1-5-6-35-20(21-26-9-13(2)10-27-21)14(3)37(32,33)30-23-29-28-22-16-7-17(24)18(25)8-19(16)36-12-15(11-34-4)31(22)23/h7-10,14-15,20H,5-6,11-12H2,1-4H3,(H,29,30)/t14-,15+,20+/m0/s1. The Hall–Kier alpha value is -3.23. The lowest BCUT2D eigenvalue weighted by atomic mass is 10.1. The molecule has 3 heterocycles. The van der Waals surface area contributed by atoms with Gasteiger partial charge < -0.3 is 14.2 Å². The number of anilines is 1. The van der Waals surface area contributed by atoms with Gasteiger partial charge in [-0.2, -0.15) is 0 Å². The number of halogens is 2. The molecule has 4 rings (SSSR count). The number of aryl methyl sites for hydroxylation is 1. The summed E-state index contributed by atoms with van der Waals surface area (Å²) in [6, 6.07) is 1.25. The summed E-state index contributed by atoms with van der Waals surface area (Å²) in [5.41, 5.74) is 0.946. The third-order valence-electron chi connectivity index (χ3n) is 5.82. The third kappa shape index (κ3) is 5.55. The molecule has 0 amide bonds. The Morgan fingerprint density at radius 3 is 2.59 bits per heavy atom. The average molecular weight is 539 g/mol. The summed E-state index contributed by atoms with van der Waals surface area (Å²) < 4.78 is 75.7. The highest BCUT2D eigenvalue weighted by Crippen LogP contribution is 2.38. The fourth-order valence-corrected chi connectivity index (χ4v) is 4.99. The lowest BCUT2D eigenvalue weighted by Crippen LogP contribution is -2.35. The molecule has 0 aliphatic carbocycles. The van der Waals surface area contributed by atoms with Crippen molar-refractivity contribution in [1.82, 2.24) is 24.7 Å². The highest BCUT2D eigenvalue weighted by Gasteiger charge is 2.36. The maximum Gasteiger partial charge on any atom is 0.240 e. The SMILES string of the molecule is CCCO[C@@H](c1ncc(C)cn1)[C@H](C)S(=O)(=O)Nc1nnc2n1[C@H](COC)COc1cc(F)c(F)cc1-2. The van der Waals surface area contributed by atoms with Crippen molar-refractivity contribution in [2.75, 3.05) is 31.7 Å². The van der Waals surface area contributed by atoms with Crippen LogP contribution in [0.25, 0.3) is 11.4 Å². The first-order valence-corrected chi connectivity index (χ1v) is 13.2. The van der Waals surface area contributed by atoms with Crippen LogP contribution in [0.5, 0.6) is 5.75 Å². The first kappa shape index (κ1) is 26.8. The molecule has 0 radical (unpaired) electrons. The van der Waals surface area contributed by atoms with Crippen molar-refractivity contribution in [1.29, 1.82) is 0 Å². The predicted octanol–water partition coefficient (Wildman–Crippen LogP) is 3.20. The molecule has 14 heteroatoms. The smallest absolute Gasteiger partial charge is 0.240 e. The summed E-state index contributed by atoms with van der Waals surface area (Å²) >= 11 is 0. The minimum atomic E-state index is -4.14. The van der Waals surface area contributed by atoms with Crippen molar-refractivity contribution in [3.8, 4) is 17.1 Å². The quantitative estimate of drug-likeness (QED) is 0.413. The normalized spacial score (nSPS) is 16.8. The lowest BCUT2D eigenvalue weighted by Gasteiger charge is -2.24. The van der Waals surface area contributed by atoms with Crippen LogP contribution in [0.15, 0.2) is 24.5 Å². The maximum atomic E-state index is 14.1. The maximum absolute atomic E-state index is 14.1. The average Bonchev–Trinajstić information content (AvgIpc) is 3.20. The zero-order chi connectivity index (χ0) is 26.7. The molecule has 0 saturated heterocycles. The molecule has 3 aromatic rings. The molecule has 11 nitrogen and oxygen atoms in total. The molecule has 1 N–H and O–H groups in total. The van der Waals surface area contributed by atoms with Gasteiger partial charge in [-0.15, -0.1) is 10.2 Å². The second-order valence-corrected chi connectivity index (χ2v) is 10.7. The number of ether oxygens (including phenoxy) is 3. The Balaban J connectivity index is 1.72. The summed E-state index contributed by atoms with van der Waals surface area (Å²) in [5.74, 6) is -1.94. The molecule has 0 fully saturated rings. The molecule has 0 bridgehead atoms. The van der Waals surface area contributed by atoms with E-state index in [9.17, 15) is 17.2 Å². The Morgan fingerprint density at radius 2 is 1.92 bits per heavy atom. The second kappa shape index (κ2) is 11.0. The molecule has 37 heavy (non-hydrogen) atoms. The number of hydrogen-bond acceptors (Lipinski definition) is 9. The van der Waals surface area contributed by atoms with Crippen LogP contribution in [-0.4, -0.2) is 65.3 Å². The minimum Gasteiger partial charge on any atom is -0.490 e. The van der Waals surface area contributed by atoms with Gasteiger partial charge in [0.05, 0.1) is 18.2 Å². The van der Waals surface area contributed by atoms with Gasteiger partial charge in [0.1, 0.15) is 23.7 Å². The van der Waals surface area contributed by atoms with E-state index in [1.54, 1.807) is 12.4 Å². The minimum absolute atomic E-state index is 0.0271. The number of rotatable bonds is 10. The first-order chi connectivity index (χ1) is 17.7. The summed E-state index contributed by atoms with van der Waals surface area (Å²) in [6.07, 6.45) is 2.88. The van der Waals surface area contributed by atoms with E-state index in [4.69, 9.17) is 14.2 Å². The third-order valence-corrected chi connectivity index (χ3v) is 7.51. The first-order valence-electron chi connectivity index (χ1n) is 11.6. The van der Waals surface area contributed by atoms with Crippen molar-refractivity contribution < 1.29 is 31.4 Å². The van der Waals surface area contributed by atoms with Crippen LogP contribution < -0.4 is 9.46 Å². The van der Waals surface area contributed by atoms with Crippen LogP contribution in [0.2, 0.25) is 0 Å². The number of nitrogens with one attached hydrogen (secondary N) is 1. The molecule has 0 spiro atoms. The van der Waals surface area contributed by atoms with E-state index in [1.165, 1.54) is 18.6 Å². The van der Waals surface area contributed by atoms with Gasteiger partial charge in [-0.05, 0) is 31.9 Å². The van der Waals surface area contributed by atoms with Gasteiger partial charge >= 0.3 is 0 Å². The van der Waals surface area contributed by atoms with Crippen molar-refractivity contribution >= 4 is 16.0 Å². The number of aromatic nitrogens is 5. The largest absolute Gasteiger partial charge is 0.490 e. The molecule has 1 aromatic carbocycles. The van der Waals surface area contributed by atoms with Crippen LogP contribution in [0.4, 0.5) is 14.7 Å². The second-order valence-electron chi connectivity index (χ2n) is 8.66. The predicted molar refractivity (Wildman–Crippen MR) is 130 cm³/mol. The van der Waals surface area contributed by atoms with E-state index >= 15 is 0 Å². The Morgan fingerprint density at radius 1 is 1.22 bits per heavy atom. The van der Waals surface area contributed by atoms with Crippen molar-refractivity contribution in [2.24, 2.45) is 0 Å². The molecular formula is C23H28F2N6O5S. The van der Waals surface area contributed by atoms with Crippen LogP contribution in [0, 0.1) is 18.6 Å². The molecule has 2 aromatic heterocycles. The van der Waals surface area contributed by atoms with Crippen LogP contribution in [0.1, 0.15) is 43.8 Å². The molecule has 0 saturated carbocycles. The number of hydrogen-bond donors (Lipinski definition) is 1. The Bertz CT molecular complexity index is 1350. The molecule has 3 atom stereocenters. The van der Waals surface area contributed by atoms with Gasteiger partial charge in [0, 0.05) is 32.2 Å². The van der Waals surface area contributed by atoms with Crippen molar-refractivity contribution in [3.05, 3.63) is 47.5 Å². The number of benzene rings is 1. The highest BCUT2D eigenvalue weighted by atomic mass is 32.2. The molecule has 1 aliphatic rings. The zero-order valence-corrected chi connectivity index (χ0v) is 21.6.